The average molecular weight is 1210 g/mol. The van der Waals surface area contributed by atoms with Gasteiger partial charge in [0.1, 0.15) is 70.8 Å². The van der Waals surface area contributed by atoms with Gasteiger partial charge in [-0.15, -0.1) is 0 Å². The number of ether oxygens (including phenoxy) is 8. The first-order valence-corrected chi connectivity index (χ1v) is 28.3. The molecule has 7 amide bonds. The summed E-state index contributed by atoms with van der Waals surface area (Å²) in [4.78, 5) is 108. The van der Waals surface area contributed by atoms with Crippen LogP contribution >= 0.6 is 0 Å². The minimum absolute atomic E-state index is 0.0690. The smallest absolute Gasteiger partial charge is 0.410 e. The first-order valence-electron chi connectivity index (χ1n) is 28.3. The number of non-ortho nitro benzene ring substituents is 1. The number of nitro groups is 1. The van der Waals surface area contributed by atoms with Crippen LogP contribution in [0.4, 0.5) is 29.7 Å². The highest BCUT2D eigenvalue weighted by molar-refractivity contribution is 5.86. The highest BCUT2D eigenvalue weighted by Gasteiger charge is 2.57. The summed E-state index contributed by atoms with van der Waals surface area (Å²) >= 11 is 0. The van der Waals surface area contributed by atoms with Crippen LogP contribution in [0.15, 0.2) is 36.1 Å². The summed E-state index contributed by atoms with van der Waals surface area (Å²) in [5.74, 6) is -3.04. The molecule has 0 radical (unpaired) electrons. The Morgan fingerprint density at radius 1 is 0.812 bits per heavy atom. The number of rotatable bonds is 17. The van der Waals surface area contributed by atoms with Crippen molar-refractivity contribution in [2.24, 2.45) is 5.92 Å². The van der Waals surface area contributed by atoms with E-state index in [0.29, 0.717) is 12.0 Å². The molecule has 3 heterocycles. The number of likely N-dealkylation sites (N-methyl/N-ethyl adjacent to an activating group) is 1. The number of likely N-dealkylation sites (tertiary alicyclic amines) is 1. The molecule has 2 saturated heterocycles. The second-order valence-electron chi connectivity index (χ2n) is 25.9. The number of benzene rings is 1. The van der Waals surface area contributed by atoms with Crippen molar-refractivity contribution in [3.8, 4) is 0 Å². The van der Waals surface area contributed by atoms with E-state index < -0.39 is 155 Å². The summed E-state index contributed by atoms with van der Waals surface area (Å²) < 4.78 is 46.7. The lowest BCUT2D eigenvalue weighted by Gasteiger charge is -2.52. The lowest BCUT2D eigenvalue weighted by atomic mass is 9.72. The standard InChI is InChI=1S/C56H88N8O21/c1-52(2,3)82-48(71)57-24-23-37(65)45(69)60-35-26-34(61-49(72)83-53(4,5)6)38(39(66)42(35)81-46-40(67)43(56(13,75)29-79-46)62(14)50(73)84-54(7,8)9)41-33(59-44(68)36-16-15-25-63(36)51(74)85-55(10,11)12)22-21-32(80-41)27-58-47(70)78-28-30-17-19-31(20-18-30)64(76)77/h17-21,33-43,46,65-67,75H,15-16,22-29H2,1-14H3,(H,57,71)(H,58,70)(H,59,68)(H,60,69)(H,61,72)/t33-,34+,35-,36?,37+,38-,39+,40-,41?,42+,43-,46-,56+/m1/s1. The van der Waals surface area contributed by atoms with E-state index in [9.17, 15) is 64.1 Å². The molecule has 9 N–H and O–H groups in total. The minimum atomic E-state index is -1.96. The summed E-state index contributed by atoms with van der Waals surface area (Å²) in [6.07, 6.45) is -13.6. The fourth-order valence-electron chi connectivity index (χ4n) is 10.2. The minimum Gasteiger partial charge on any atom is -0.491 e. The molecular formula is C56H88N8O21. The molecule has 13 atom stereocenters. The fraction of sp³-hybridized carbons (Fsp3) is 0.732. The van der Waals surface area contributed by atoms with Gasteiger partial charge in [-0.1, -0.05) is 0 Å². The third kappa shape index (κ3) is 20.4. The highest BCUT2D eigenvalue weighted by atomic mass is 16.7. The van der Waals surface area contributed by atoms with Crippen molar-refractivity contribution in [3.63, 3.8) is 0 Å². The zero-order valence-electron chi connectivity index (χ0n) is 51.0. The van der Waals surface area contributed by atoms with Crippen LogP contribution < -0.4 is 26.6 Å². The largest absolute Gasteiger partial charge is 0.491 e. The van der Waals surface area contributed by atoms with Crippen LogP contribution in [0.3, 0.4) is 0 Å². The van der Waals surface area contributed by atoms with Gasteiger partial charge in [-0.3, -0.25) is 24.6 Å². The summed E-state index contributed by atoms with van der Waals surface area (Å²) in [6, 6.07) is -1.08. The molecule has 2 unspecified atom stereocenters. The van der Waals surface area contributed by atoms with Crippen molar-refractivity contribution in [2.45, 2.75) is 224 Å². The lowest BCUT2D eigenvalue weighted by molar-refractivity contribution is -0.384. The van der Waals surface area contributed by atoms with Gasteiger partial charge in [0.05, 0.1) is 42.3 Å². The van der Waals surface area contributed by atoms with E-state index in [0.717, 1.165) is 4.90 Å². The molecule has 5 rings (SSSR count). The maximum absolute atomic E-state index is 14.6. The van der Waals surface area contributed by atoms with E-state index in [4.69, 9.17) is 37.9 Å². The molecule has 3 aliphatic heterocycles. The van der Waals surface area contributed by atoms with E-state index in [2.05, 4.69) is 26.6 Å². The van der Waals surface area contributed by atoms with E-state index in [1.54, 1.807) is 89.2 Å². The average Bonchev–Trinajstić information content (AvgIpc) is 1.58. The molecule has 0 spiro atoms. The normalized spacial score (nSPS) is 27.5. The third-order valence-electron chi connectivity index (χ3n) is 13.8. The van der Waals surface area contributed by atoms with Crippen LogP contribution in [0.1, 0.15) is 128 Å². The first kappa shape index (κ1) is 69.0. The van der Waals surface area contributed by atoms with E-state index in [1.807, 2.05) is 0 Å². The monoisotopic (exact) mass is 1210 g/mol. The number of aliphatic hydroxyl groups excluding tert-OH is 3. The Balaban J connectivity index is 1.57. The SMILES string of the molecule is CN(C(=O)OC(C)(C)C)[C@@H]1[C@@H](O)[C@@H](O[C@@H]2[C@@H](O)[C@H](C3OC(CNC(=O)OCc4ccc([N+](=O)[O-])cc4)=CC[C@H]3NC(=O)C3CCCN3C(=O)OC(C)(C)C)[C@@H](NC(=O)OC(C)(C)C)C[C@H]2NC(=O)[C@@H](O)CCNC(=O)OC(C)(C)C)OC[C@]1(C)O. The molecular weight excluding hydrogens is 1120 g/mol. The number of nitro benzene ring substituents is 1. The number of nitrogens with zero attached hydrogens (tertiary/aromatic N) is 3. The number of amides is 7. The Kier molecular flexibility index (Phi) is 22.8. The van der Waals surface area contributed by atoms with Gasteiger partial charge >= 0.3 is 30.5 Å². The van der Waals surface area contributed by atoms with Crippen LogP contribution in [-0.4, -0.2) is 206 Å². The van der Waals surface area contributed by atoms with Gasteiger partial charge in [0, 0.05) is 44.2 Å². The maximum atomic E-state index is 14.6. The van der Waals surface area contributed by atoms with Crippen molar-refractivity contribution in [2.75, 3.05) is 33.3 Å². The molecule has 1 aromatic rings. The number of alkyl carbamates (subject to hydrolysis) is 3. The van der Waals surface area contributed by atoms with E-state index in [1.165, 1.54) is 43.1 Å². The van der Waals surface area contributed by atoms with Crippen molar-refractivity contribution in [1.29, 1.82) is 0 Å². The zero-order chi connectivity index (χ0) is 63.7. The second-order valence-corrected chi connectivity index (χ2v) is 25.9. The number of nitrogens with one attached hydrogen (secondary N) is 5. The predicted octanol–water partition coefficient (Wildman–Crippen LogP) is 3.50. The van der Waals surface area contributed by atoms with E-state index in [-0.39, 0.29) is 63.4 Å². The van der Waals surface area contributed by atoms with Crippen LogP contribution in [0.25, 0.3) is 0 Å². The summed E-state index contributed by atoms with van der Waals surface area (Å²) in [7, 11) is 1.28. The molecule has 29 nitrogen and oxygen atoms in total. The predicted molar refractivity (Wildman–Crippen MR) is 300 cm³/mol. The Labute approximate surface area is 494 Å². The van der Waals surface area contributed by atoms with Crippen LogP contribution in [-0.2, 0) is 54.1 Å². The Hall–Kier alpha value is -6.79. The molecule has 85 heavy (non-hydrogen) atoms. The summed E-state index contributed by atoms with van der Waals surface area (Å²) in [5.41, 5.74) is -5.52. The van der Waals surface area contributed by atoms with Gasteiger partial charge in [0.25, 0.3) is 5.69 Å². The van der Waals surface area contributed by atoms with Gasteiger partial charge in [0.2, 0.25) is 11.8 Å². The van der Waals surface area contributed by atoms with Crippen molar-refractivity contribution >= 4 is 48.0 Å². The Bertz CT molecular complexity index is 2560. The van der Waals surface area contributed by atoms with Crippen LogP contribution in [0, 0.1) is 16.0 Å². The van der Waals surface area contributed by atoms with Crippen molar-refractivity contribution in [3.05, 3.63) is 51.8 Å². The number of aliphatic hydroxyl groups is 4. The molecule has 3 fully saturated rings. The number of carbonyl (C=O) groups excluding carboxylic acids is 7. The zero-order valence-corrected chi connectivity index (χ0v) is 51.0. The van der Waals surface area contributed by atoms with Crippen LogP contribution in [0.2, 0.25) is 0 Å². The molecule has 1 aliphatic carbocycles. The summed E-state index contributed by atoms with van der Waals surface area (Å²) in [5, 5.41) is 72.9. The second kappa shape index (κ2) is 28.2. The number of hydrogen-bond donors (Lipinski definition) is 9. The van der Waals surface area contributed by atoms with Crippen LogP contribution in [0.5, 0.6) is 0 Å². The first-order chi connectivity index (χ1) is 39.2. The fourth-order valence-corrected chi connectivity index (χ4v) is 10.2. The molecule has 478 valence electrons. The molecule has 4 aliphatic rings. The highest BCUT2D eigenvalue weighted by Crippen LogP contribution is 2.39. The van der Waals surface area contributed by atoms with Gasteiger partial charge < -0.3 is 89.8 Å². The van der Waals surface area contributed by atoms with Crippen molar-refractivity contribution in [1.82, 2.24) is 36.4 Å². The van der Waals surface area contributed by atoms with Crippen molar-refractivity contribution < 1.29 is 96.8 Å². The van der Waals surface area contributed by atoms with Gasteiger partial charge in [0.15, 0.2) is 6.29 Å². The van der Waals surface area contributed by atoms with Gasteiger partial charge in [-0.05, 0) is 146 Å². The maximum Gasteiger partial charge on any atom is 0.410 e. The topological polar surface area (TPSA) is 384 Å². The number of hydrogen-bond acceptors (Lipinski definition) is 21. The molecule has 29 heteroatoms. The third-order valence-corrected chi connectivity index (χ3v) is 13.8. The number of carbonyl (C=O) groups is 7. The molecule has 1 aromatic carbocycles. The van der Waals surface area contributed by atoms with E-state index >= 15 is 0 Å². The lowest BCUT2D eigenvalue weighted by Crippen LogP contribution is -2.71. The molecule has 0 bridgehead atoms. The Morgan fingerprint density at radius 3 is 2.02 bits per heavy atom. The Morgan fingerprint density at radius 2 is 1.42 bits per heavy atom. The quantitative estimate of drug-likeness (QED) is 0.0612. The van der Waals surface area contributed by atoms with Gasteiger partial charge in [-0.25, -0.2) is 24.0 Å². The summed E-state index contributed by atoms with van der Waals surface area (Å²) in [6.45, 7) is 19.7. The molecule has 1 saturated carbocycles. The van der Waals surface area contributed by atoms with Gasteiger partial charge in [-0.2, -0.15) is 0 Å². The molecule has 0 aromatic heterocycles.